The highest BCUT2D eigenvalue weighted by Crippen LogP contribution is 2.33. The number of imidazole rings is 1. The third kappa shape index (κ3) is 4.04. The van der Waals surface area contributed by atoms with Crippen molar-refractivity contribution in [1.29, 1.82) is 0 Å². The number of benzene rings is 1. The van der Waals surface area contributed by atoms with E-state index in [2.05, 4.69) is 16.8 Å². The van der Waals surface area contributed by atoms with Gasteiger partial charge >= 0.3 is 0 Å². The molecule has 2 aliphatic rings. The average molecular weight is 415 g/mol. The molecule has 2 aromatic rings. The number of anilines is 2. The molecule has 0 spiro atoms. The van der Waals surface area contributed by atoms with Gasteiger partial charge in [0.25, 0.3) is 0 Å². The van der Waals surface area contributed by atoms with Gasteiger partial charge in [-0.25, -0.2) is 4.98 Å². The molecule has 8 heteroatoms. The Hall–Kier alpha value is -2.32. The van der Waals surface area contributed by atoms with Crippen LogP contribution in [0.2, 0.25) is 0 Å². The molecule has 7 nitrogen and oxygen atoms in total. The minimum atomic E-state index is -0.376. The van der Waals surface area contributed by atoms with Gasteiger partial charge in [0.05, 0.1) is 35.0 Å². The number of fused-ring (bicyclic) bond motifs is 1. The van der Waals surface area contributed by atoms with Gasteiger partial charge in [0.2, 0.25) is 11.8 Å². The molecule has 29 heavy (non-hydrogen) atoms. The van der Waals surface area contributed by atoms with E-state index in [-0.39, 0.29) is 29.7 Å². The number of nitrogens with zero attached hydrogens (tertiary/aromatic N) is 3. The Kier molecular flexibility index (Phi) is 5.65. The Bertz CT molecular complexity index is 936. The molecule has 3 heterocycles. The van der Waals surface area contributed by atoms with Gasteiger partial charge in [0.1, 0.15) is 6.54 Å². The molecule has 4 rings (SSSR count). The Balaban J connectivity index is 1.54. The number of ether oxygens (including phenoxy) is 1. The highest BCUT2D eigenvalue weighted by Gasteiger charge is 2.31. The molecule has 0 aliphatic carbocycles. The Morgan fingerprint density at radius 1 is 1.38 bits per heavy atom. The van der Waals surface area contributed by atoms with Crippen LogP contribution in [0.4, 0.5) is 11.4 Å². The van der Waals surface area contributed by atoms with Gasteiger partial charge in [-0.15, -0.1) is 0 Å². The summed E-state index contributed by atoms with van der Waals surface area (Å²) in [5.74, 6) is -0.278. The van der Waals surface area contributed by atoms with Crippen LogP contribution in [0, 0.1) is 13.8 Å². The maximum absolute atomic E-state index is 13.2. The van der Waals surface area contributed by atoms with Crippen molar-refractivity contribution < 1.29 is 14.3 Å². The average Bonchev–Trinajstić information content (AvgIpc) is 3.31. The number of nitrogens with one attached hydrogen (secondary N) is 1. The Morgan fingerprint density at radius 3 is 2.93 bits per heavy atom. The van der Waals surface area contributed by atoms with Gasteiger partial charge in [0, 0.05) is 12.3 Å². The molecule has 2 amide bonds. The van der Waals surface area contributed by atoms with E-state index in [9.17, 15) is 9.59 Å². The number of thioether (sulfide) groups is 1. The van der Waals surface area contributed by atoms with Crippen molar-refractivity contribution in [2.24, 2.45) is 0 Å². The van der Waals surface area contributed by atoms with Gasteiger partial charge in [-0.05, 0) is 45.7 Å². The number of carbonyl (C=O) groups is 2. The number of aromatic nitrogens is 2. The number of rotatable bonds is 5. The van der Waals surface area contributed by atoms with Gasteiger partial charge in [-0.3, -0.25) is 14.5 Å². The highest BCUT2D eigenvalue weighted by molar-refractivity contribution is 8.00. The third-order valence-electron chi connectivity index (χ3n) is 5.50. The molecule has 0 bridgehead atoms. The van der Waals surface area contributed by atoms with Crippen molar-refractivity contribution in [3.05, 3.63) is 35.7 Å². The van der Waals surface area contributed by atoms with Gasteiger partial charge in [-0.1, -0.05) is 23.9 Å². The lowest BCUT2D eigenvalue weighted by Crippen LogP contribution is -2.45. The van der Waals surface area contributed by atoms with Gasteiger partial charge < -0.3 is 14.6 Å². The van der Waals surface area contributed by atoms with Crippen molar-refractivity contribution in [1.82, 2.24) is 9.55 Å². The highest BCUT2D eigenvalue weighted by atomic mass is 32.2. The lowest BCUT2D eigenvalue weighted by Gasteiger charge is -2.30. The van der Waals surface area contributed by atoms with E-state index >= 15 is 0 Å². The van der Waals surface area contributed by atoms with Crippen LogP contribution in [-0.4, -0.2) is 45.9 Å². The van der Waals surface area contributed by atoms with E-state index in [4.69, 9.17) is 9.72 Å². The zero-order valence-electron chi connectivity index (χ0n) is 17.0. The summed E-state index contributed by atoms with van der Waals surface area (Å²) in [6.07, 6.45) is 2.34. The standard InChI is InChI=1S/C21H26N4O3S/c1-13-14(2)24(11-16-7-6-10-28-16)21(22-13)29-15(3)20(27)25-12-19(26)23-17-8-4-5-9-18(17)25/h4-5,8-9,15-16H,6-7,10-12H2,1-3H3,(H,23,26)/t15-,16+/m1/s1. The van der Waals surface area contributed by atoms with Gasteiger partial charge in [-0.2, -0.15) is 0 Å². The van der Waals surface area contributed by atoms with E-state index in [0.29, 0.717) is 5.69 Å². The lowest BCUT2D eigenvalue weighted by atomic mass is 10.2. The normalized spacial score (nSPS) is 19.8. The van der Waals surface area contributed by atoms with Crippen molar-refractivity contribution in [3.8, 4) is 0 Å². The molecular formula is C21H26N4O3S. The van der Waals surface area contributed by atoms with E-state index in [1.54, 1.807) is 4.90 Å². The molecule has 0 saturated carbocycles. The van der Waals surface area contributed by atoms with E-state index < -0.39 is 0 Å². The van der Waals surface area contributed by atoms with E-state index in [1.807, 2.05) is 38.1 Å². The molecule has 2 atom stereocenters. The van der Waals surface area contributed by atoms with Crippen molar-refractivity contribution in [3.63, 3.8) is 0 Å². The van der Waals surface area contributed by atoms with E-state index in [1.165, 1.54) is 11.8 Å². The first-order chi connectivity index (χ1) is 13.9. The van der Waals surface area contributed by atoms with Crippen molar-refractivity contribution >= 4 is 35.0 Å². The molecule has 1 N–H and O–H groups in total. The van der Waals surface area contributed by atoms with E-state index in [0.717, 1.165) is 48.2 Å². The minimum Gasteiger partial charge on any atom is -0.376 e. The minimum absolute atomic E-state index is 0.0309. The fraction of sp³-hybridized carbons (Fsp3) is 0.476. The first-order valence-electron chi connectivity index (χ1n) is 9.96. The topological polar surface area (TPSA) is 76.5 Å². The zero-order valence-corrected chi connectivity index (χ0v) is 17.8. The fourth-order valence-corrected chi connectivity index (χ4v) is 4.85. The van der Waals surface area contributed by atoms with Crippen molar-refractivity contribution in [2.75, 3.05) is 23.4 Å². The molecule has 1 aromatic heterocycles. The first kappa shape index (κ1) is 20.0. The lowest BCUT2D eigenvalue weighted by molar-refractivity contribution is -0.121. The van der Waals surface area contributed by atoms with Crippen LogP contribution in [-0.2, 0) is 20.9 Å². The van der Waals surface area contributed by atoms with Crippen LogP contribution < -0.4 is 10.2 Å². The Labute approximate surface area is 174 Å². The molecular weight excluding hydrogens is 388 g/mol. The van der Waals surface area contributed by atoms with Crippen LogP contribution >= 0.6 is 11.8 Å². The van der Waals surface area contributed by atoms with Gasteiger partial charge in [0.15, 0.2) is 5.16 Å². The Morgan fingerprint density at radius 2 is 2.17 bits per heavy atom. The SMILES string of the molecule is Cc1nc(S[C@H](C)C(=O)N2CC(=O)Nc3ccccc32)n(C[C@@H]2CCCO2)c1C. The summed E-state index contributed by atoms with van der Waals surface area (Å²) in [6.45, 7) is 7.51. The van der Waals surface area contributed by atoms with Crippen molar-refractivity contribution in [2.45, 2.75) is 56.7 Å². The summed E-state index contributed by atoms with van der Waals surface area (Å²) in [7, 11) is 0. The summed E-state index contributed by atoms with van der Waals surface area (Å²) < 4.78 is 7.96. The number of amides is 2. The largest absolute Gasteiger partial charge is 0.376 e. The zero-order chi connectivity index (χ0) is 20.5. The smallest absolute Gasteiger partial charge is 0.244 e. The second kappa shape index (κ2) is 8.20. The number of para-hydroxylation sites is 2. The van der Waals surface area contributed by atoms with Crippen LogP contribution in [0.3, 0.4) is 0 Å². The number of hydrogen-bond acceptors (Lipinski definition) is 5. The monoisotopic (exact) mass is 414 g/mol. The quantitative estimate of drug-likeness (QED) is 0.761. The van der Waals surface area contributed by atoms with Crippen LogP contribution in [0.25, 0.3) is 0 Å². The maximum atomic E-state index is 13.2. The van der Waals surface area contributed by atoms with Crippen LogP contribution in [0.1, 0.15) is 31.2 Å². The predicted octanol–water partition coefficient (Wildman–Crippen LogP) is 3.14. The molecule has 1 saturated heterocycles. The number of carbonyl (C=O) groups excluding carboxylic acids is 2. The first-order valence-corrected chi connectivity index (χ1v) is 10.8. The molecule has 2 aliphatic heterocycles. The molecule has 0 radical (unpaired) electrons. The summed E-state index contributed by atoms with van der Waals surface area (Å²) in [5, 5.41) is 3.27. The summed E-state index contributed by atoms with van der Waals surface area (Å²) in [4.78, 5) is 31.6. The maximum Gasteiger partial charge on any atom is 0.244 e. The predicted molar refractivity (Wildman–Crippen MR) is 113 cm³/mol. The summed E-state index contributed by atoms with van der Waals surface area (Å²) in [6, 6.07) is 7.39. The second-order valence-electron chi connectivity index (χ2n) is 7.56. The fourth-order valence-electron chi connectivity index (χ4n) is 3.78. The summed E-state index contributed by atoms with van der Waals surface area (Å²) in [5.41, 5.74) is 3.47. The molecule has 1 aromatic carbocycles. The number of aryl methyl sites for hydroxylation is 1. The summed E-state index contributed by atoms with van der Waals surface area (Å²) >= 11 is 1.44. The molecule has 1 fully saturated rings. The van der Waals surface area contributed by atoms with Crippen LogP contribution in [0.5, 0.6) is 0 Å². The molecule has 154 valence electrons. The molecule has 0 unspecified atom stereocenters. The second-order valence-corrected chi connectivity index (χ2v) is 8.87. The van der Waals surface area contributed by atoms with Crippen LogP contribution in [0.15, 0.2) is 29.4 Å². The number of hydrogen-bond donors (Lipinski definition) is 1. The third-order valence-corrected chi connectivity index (χ3v) is 6.58.